The van der Waals surface area contributed by atoms with Crippen molar-refractivity contribution < 1.29 is 9.59 Å². The van der Waals surface area contributed by atoms with E-state index in [2.05, 4.69) is 5.32 Å². The van der Waals surface area contributed by atoms with E-state index in [1.165, 1.54) is 4.90 Å². The number of carbonyl (C=O) groups excluding carboxylic acids is 2. The summed E-state index contributed by atoms with van der Waals surface area (Å²) in [5.41, 5.74) is 1.54. The zero-order chi connectivity index (χ0) is 13.2. The normalized spacial score (nSPS) is 24.0. The molecular formula is C15H18N2O2. The second-order valence-electron chi connectivity index (χ2n) is 5.26. The van der Waals surface area contributed by atoms with Gasteiger partial charge in [-0.25, -0.2) is 0 Å². The van der Waals surface area contributed by atoms with Gasteiger partial charge in [0, 0.05) is 12.1 Å². The molecule has 2 aliphatic rings. The zero-order valence-electron chi connectivity index (χ0n) is 10.9. The maximum absolute atomic E-state index is 12.5. The molecule has 1 saturated heterocycles. The third-order valence-electron chi connectivity index (χ3n) is 3.96. The van der Waals surface area contributed by atoms with Crippen LogP contribution in [-0.2, 0) is 11.2 Å². The van der Waals surface area contributed by atoms with Crippen LogP contribution in [0.2, 0.25) is 0 Å². The lowest BCUT2D eigenvalue weighted by Crippen LogP contribution is -2.51. The van der Waals surface area contributed by atoms with E-state index in [9.17, 15) is 9.59 Å². The van der Waals surface area contributed by atoms with E-state index in [0.717, 1.165) is 37.9 Å². The van der Waals surface area contributed by atoms with Crippen molar-refractivity contribution in [2.75, 3.05) is 13.1 Å². The molecule has 1 fully saturated rings. The number of benzene rings is 1. The monoisotopic (exact) mass is 258 g/mol. The van der Waals surface area contributed by atoms with Crippen molar-refractivity contribution in [2.24, 2.45) is 0 Å². The van der Waals surface area contributed by atoms with E-state index >= 15 is 0 Å². The highest BCUT2D eigenvalue weighted by Crippen LogP contribution is 2.23. The molecule has 1 aromatic carbocycles. The molecular weight excluding hydrogens is 240 g/mol. The minimum absolute atomic E-state index is 0.0101. The number of imide groups is 1. The number of hydrogen-bond donors (Lipinski definition) is 1. The van der Waals surface area contributed by atoms with Gasteiger partial charge in [-0.15, -0.1) is 0 Å². The Balaban J connectivity index is 1.90. The van der Waals surface area contributed by atoms with Crippen LogP contribution in [0.3, 0.4) is 0 Å². The van der Waals surface area contributed by atoms with Gasteiger partial charge >= 0.3 is 0 Å². The molecule has 2 aliphatic heterocycles. The number of nitrogens with one attached hydrogen (secondary N) is 1. The van der Waals surface area contributed by atoms with Gasteiger partial charge in [0.05, 0.1) is 12.5 Å². The predicted octanol–water partition coefficient (Wildman–Crippen LogP) is 1.35. The Labute approximate surface area is 112 Å². The molecule has 1 N–H and O–H groups in total. The SMILES string of the molecule is O=C1Cc2ccccc2C(=O)N1C1CCCCNC1. The lowest BCUT2D eigenvalue weighted by molar-refractivity contribution is -0.130. The molecule has 0 bridgehead atoms. The zero-order valence-corrected chi connectivity index (χ0v) is 10.9. The van der Waals surface area contributed by atoms with Gasteiger partial charge in [0.2, 0.25) is 5.91 Å². The van der Waals surface area contributed by atoms with Crippen molar-refractivity contribution >= 4 is 11.8 Å². The van der Waals surface area contributed by atoms with Crippen LogP contribution >= 0.6 is 0 Å². The molecule has 0 aliphatic carbocycles. The number of fused-ring (bicyclic) bond motifs is 1. The first-order valence-electron chi connectivity index (χ1n) is 6.92. The fourth-order valence-corrected chi connectivity index (χ4v) is 2.96. The van der Waals surface area contributed by atoms with Crippen molar-refractivity contribution in [3.05, 3.63) is 35.4 Å². The van der Waals surface area contributed by atoms with Crippen LogP contribution in [0.5, 0.6) is 0 Å². The number of nitrogens with zero attached hydrogens (tertiary/aromatic N) is 1. The third-order valence-corrected chi connectivity index (χ3v) is 3.96. The summed E-state index contributed by atoms with van der Waals surface area (Å²) in [6.45, 7) is 1.70. The summed E-state index contributed by atoms with van der Waals surface area (Å²) in [6.07, 6.45) is 3.44. The summed E-state index contributed by atoms with van der Waals surface area (Å²) in [7, 11) is 0. The summed E-state index contributed by atoms with van der Waals surface area (Å²) in [5, 5.41) is 3.31. The smallest absolute Gasteiger partial charge is 0.261 e. The molecule has 4 heteroatoms. The highest BCUT2D eigenvalue weighted by atomic mass is 16.2. The first-order chi connectivity index (χ1) is 9.27. The minimum Gasteiger partial charge on any atom is -0.315 e. The fourth-order valence-electron chi connectivity index (χ4n) is 2.96. The maximum Gasteiger partial charge on any atom is 0.261 e. The average molecular weight is 258 g/mol. The second kappa shape index (κ2) is 5.13. The van der Waals surface area contributed by atoms with Crippen LogP contribution in [0.1, 0.15) is 35.2 Å². The Morgan fingerprint density at radius 1 is 1.16 bits per heavy atom. The van der Waals surface area contributed by atoms with Gasteiger partial charge in [-0.1, -0.05) is 24.6 Å². The predicted molar refractivity (Wildman–Crippen MR) is 71.8 cm³/mol. The summed E-state index contributed by atoms with van der Waals surface area (Å²) < 4.78 is 0. The Morgan fingerprint density at radius 2 is 2.00 bits per heavy atom. The molecule has 0 saturated carbocycles. The Kier molecular flexibility index (Phi) is 3.34. The van der Waals surface area contributed by atoms with Gasteiger partial charge in [0.15, 0.2) is 0 Å². The van der Waals surface area contributed by atoms with E-state index in [4.69, 9.17) is 0 Å². The molecule has 1 atom stereocenters. The fraction of sp³-hybridized carbons (Fsp3) is 0.467. The van der Waals surface area contributed by atoms with Crippen molar-refractivity contribution in [2.45, 2.75) is 31.7 Å². The average Bonchev–Trinajstić information content (AvgIpc) is 2.68. The Bertz CT molecular complexity index is 505. The molecule has 0 spiro atoms. The van der Waals surface area contributed by atoms with Gasteiger partial charge in [-0.2, -0.15) is 0 Å². The number of carbonyl (C=O) groups is 2. The van der Waals surface area contributed by atoms with E-state index in [-0.39, 0.29) is 17.9 Å². The molecule has 1 aromatic rings. The molecule has 0 radical (unpaired) electrons. The summed E-state index contributed by atoms with van der Waals surface area (Å²) in [4.78, 5) is 26.3. The largest absolute Gasteiger partial charge is 0.315 e. The number of hydrogen-bond acceptors (Lipinski definition) is 3. The Hall–Kier alpha value is -1.68. The van der Waals surface area contributed by atoms with Crippen molar-refractivity contribution in [3.63, 3.8) is 0 Å². The number of amides is 2. The van der Waals surface area contributed by atoms with Crippen LogP contribution in [0.25, 0.3) is 0 Å². The van der Waals surface area contributed by atoms with E-state index in [0.29, 0.717) is 12.0 Å². The van der Waals surface area contributed by atoms with Crippen LogP contribution < -0.4 is 5.32 Å². The molecule has 2 amide bonds. The van der Waals surface area contributed by atoms with Gasteiger partial charge in [0.1, 0.15) is 0 Å². The number of rotatable bonds is 1. The maximum atomic E-state index is 12.5. The summed E-state index contributed by atoms with van der Waals surface area (Å²) in [5.74, 6) is -0.182. The second-order valence-corrected chi connectivity index (χ2v) is 5.26. The van der Waals surface area contributed by atoms with Gasteiger partial charge in [-0.3, -0.25) is 14.5 Å². The molecule has 19 heavy (non-hydrogen) atoms. The molecule has 100 valence electrons. The summed E-state index contributed by atoms with van der Waals surface area (Å²) >= 11 is 0. The third kappa shape index (κ3) is 2.28. The topological polar surface area (TPSA) is 49.4 Å². The van der Waals surface area contributed by atoms with Gasteiger partial charge in [0.25, 0.3) is 5.91 Å². The molecule has 3 rings (SSSR count). The quantitative estimate of drug-likeness (QED) is 0.774. The summed E-state index contributed by atoms with van der Waals surface area (Å²) in [6, 6.07) is 7.43. The van der Waals surface area contributed by atoms with E-state index < -0.39 is 0 Å². The van der Waals surface area contributed by atoms with Crippen LogP contribution in [0.4, 0.5) is 0 Å². The molecule has 0 aromatic heterocycles. The van der Waals surface area contributed by atoms with Crippen molar-refractivity contribution in [3.8, 4) is 0 Å². The molecule has 1 unspecified atom stereocenters. The van der Waals surface area contributed by atoms with Crippen LogP contribution in [0.15, 0.2) is 24.3 Å². The lowest BCUT2D eigenvalue weighted by Gasteiger charge is -2.33. The van der Waals surface area contributed by atoms with Crippen molar-refractivity contribution in [1.82, 2.24) is 10.2 Å². The van der Waals surface area contributed by atoms with Crippen LogP contribution in [-0.4, -0.2) is 35.8 Å². The Morgan fingerprint density at radius 3 is 2.89 bits per heavy atom. The molecule has 2 heterocycles. The van der Waals surface area contributed by atoms with Gasteiger partial charge in [-0.05, 0) is 31.0 Å². The van der Waals surface area contributed by atoms with Crippen LogP contribution in [0, 0.1) is 0 Å². The first-order valence-corrected chi connectivity index (χ1v) is 6.92. The molecule has 4 nitrogen and oxygen atoms in total. The highest BCUT2D eigenvalue weighted by Gasteiger charge is 2.35. The van der Waals surface area contributed by atoms with Crippen molar-refractivity contribution in [1.29, 1.82) is 0 Å². The van der Waals surface area contributed by atoms with E-state index in [1.54, 1.807) is 0 Å². The van der Waals surface area contributed by atoms with E-state index in [1.807, 2.05) is 24.3 Å². The highest BCUT2D eigenvalue weighted by molar-refractivity contribution is 6.10. The first kappa shape index (κ1) is 12.4. The standard InChI is InChI=1S/C15H18N2O2/c18-14-9-11-5-1-2-7-13(11)15(19)17(14)12-6-3-4-8-16-10-12/h1-2,5,7,12,16H,3-4,6,8-10H2. The van der Waals surface area contributed by atoms with Gasteiger partial charge < -0.3 is 5.32 Å². The lowest BCUT2D eigenvalue weighted by atomic mass is 9.96. The minimum atomic E-state index is -0.124.